The van der Waals surface area contributed by atoms with Crippen LogP contribution in [0.25, 0.3) is 10.1 Å². The molecule has 14 heavy (non-hydrogen) atoms. The third kappa shape index (κ3) is 1.68. The number of fused-ring (bicyclic) bond motifs is 1. The van der Waals surface area contributed by atoms with E-state index in [0.29, 0.717) is 12.8 Å². The highest BCUT2D eigenvalue weighted by Gasteiger charge is 2.06. The van der Waals surface area contributed by atoms with Crippen molar-refractivity contribution in [2.75, 3.05) is 0 Å². The molecule has 0 bridgehead atoms. The number of hydrogen-bond donors (Lipinski definition) is 0. The number of rotatable bonds is 3. The molecule has 0 fully saturated rings. The van der Waals surface area contributed by atoms with Crippen LogP contribution in [0.1, 0.15) is 19.0 Å². The zero-order chi connectivity index (χ0) is 9.97. The van der Waals surface area contributed by atoms with Crippen LogP contribution in [0.4, 0.5) is 0 Å². The van der Waals surface area contributed by atoms with E-state index < -0.39 is 0 Å². The molecule has 0 atom stereocenters. The van der Waals surface area contributed by atoms with Crippen LogP contribution in [0.2, 0.25) is 0 Å². The zero-order valence-corrected chi connectivity index (χ0v) is 8.80. The highest BCUT2D eigenvalue weighted by Crippen LogP contribution is 2.22. The number of carbonyl (C=O) groups excluding carboxylic acids is 1. The van der Waals surface area contributed by atoms with Crippen LogP contribution in [0.5, 0.6) is 0 Å². The van der Waals surface area contributed by atoms with Crippen LogP contribution in [-0.4, -0.2) is 10.8 Å². The summed E-state index contributed by atoms with van der Waals surface area (Å²) < 4.78 is 1.21. The lowest BCUT2D eigenvalue weighted by Crippen LogP contribution is -2.02. The van der Waals surface area contributed by atoms with Gasteiger partial charge in [-0.05, 0) is 17.5 Å². The highest BCUT2D eigenvalue weighted by molar-refractivity contribution is 7.17. The molecule has 0 saturated heterocycles. The second-order valence-corrected chi connectivity index (χ2v) is 4.11. The maximum absolute atomic E-state index is 11.3. The lowest BCUT2D eigenvalue weighted by atomic mass is 10.1. The van der Waals surface area contributed by atoms with Crippen molar-refractivity contribution in [2.24, 2.45) is 0 Å². The van der Waals surface area contributed by atoms with Crippen LogP contribution in [0.3, 0.4) is 0 Å². The molecule has 2 heterocycles. The van der Waals surface area contributed by atoms with Crippen molar-refractivity contribution >= 4 is 27.2 Å². The van der Waals surface area contributed by atoms with E-state index >= 15 is 0 Å². The molecular formula is C11H11NOS. The number of ketones is 1. The Kier molecular flexibility index (Phi) is 2.59. The van der Waals surface area contributed by atoms with Crippen molar-refractivity contribution in [3.8, 4) is 0 Å². The van der Waals surface area contributed by atoms with Gasteiger partial charge in [0.2, 0.25) is 0 Å². The Morgan fingerprint density at radius 1 is 1.50 bits per heavy atom. The van der Waals surface area contributed by atoms with Gasteiger partial charge >= 0.3 is 0 Å². The van der Waals surface area contributed by atoms with Crippen LogP contribution >= 0.6 is 11.3 Å². The average molecular weight is 205 g/mol. The predicted molar refractivity (Wildman–Crippen MR) is 58.6 cm³/mol. The smallest absolute Gasteiger partial charge is 0.138 e. The molecule has 0 aliphatic rings. The second-order valence-electron chi connectivity index (χ2n) is 3.16. The Bertz CT molecular complexity index is 461. The third-order valence-electron chi connectivity index (χ3n) is 2.22. The Labute approximate surface area is 86.6 Å². The first-order valence-electron chi connectivity index (χ1n) is 4.64. The maximum Gasteiger partial charge on any atom is 0.138 e. The number of hydrogen-bond acceptors (Lipinski definition) is 3. The van der Waals surface area contributed by atoms with Crippen molar-refractivity contribution in [1.29, 1.82) is 0 Å². The third-order valence-corrected chi connectivity index (χ3v) is 3.10. The van der Waals surface area contributed by atoms with E-state index in [4.69, 9.17) is 0 Å². The molecule has 0 N–H and O–H groups in total. The van der Waals surface area contributed by atoms with Crippen LogP contribution in [0, 0.1) is 0 Å². The highest BCUT2D eigenvalue weighted by atomic mass is 32.1. The van der Waals surface area contributed by atoms with Gasteiger partial charge in [-0.3, -0.25) is 9.78 Å². The molecule has 2 nitrogen and oxygen atoms in total. The van der Waals surface area contributed by atoms with Crippen molar-refractivity contribution < 1.29 is 4.79 Å². The van der Waals surface area contributed by atoms with Crippen LogP contribution in [-0.2, 0) is 11.2 Å². The van der Waals surface area contributed by atoms with Gasteiger partial charge < -0.3 is 0 Å². The lowest BCUT2D eigenvalue weighted by Gasteiger charge is -1.99. The summed E-state index contributed by atoms with van der Waals surface area (Å²) in [6, 6.07) is 4.02. The number of aromatic nitrogens is 1. The Morgan fingerprint density at radius 3 is 3.14 bits per heavy atom. The molecule has 0 radical (unpaired) electrons. The van der Waals surface area contributed by atoms with E-state index in [2.05, 4.69) is 4.98 Å². The summed E-state index contributed by atoms with van der Waals surface area (Å²) in [4.78, 5) is 15.6. The summed E-state index contributed by atoms with van der Waals surface area (Å²) in [6.45, 7) is 1.89. The SMILES string of the molecule is CCC(=O)Cc1nccc2sccc12. The Balaban J connectivity index is 2.41. The van der Waals surface area contributed by atoms with Crippen molar-refractivity contribution in [3.63, 3.8) is 0 Å². The average Bonchev–Trinajstić information content (AvgIpc) is 2.66. The normalized spacial score (nSPS) is 10.6. The first-order chi connectivity index (χ1) is 6.81. The van der Waals surface area contributed by atoms with Gasteiger partial charge in [0.25, 0.3) is 0 Å². The zero-order valence-electron chi connectivity index (χ0n) is 7.99. The molecule has 2 aromatic rings. The number of pyridine rings is 1. The number of carbonyl (C=O) groups is 1. The molecule has 0 aromatic carbocycles. The quantitative estimate of drug-likeness (QED) is 0.771. The van der Waals surface area contributed by atoms with Crippen molar-refractivity contribution in [3.05, 3.63) is 29.4 Å². The first-order valence-corrected chi connectivity index (χ1v) is 5.52. The summed E-state index contributed by atoms with van der Waals surface area (Å²) in [7, 11) is 0. The number of Topliss-reactive ketones (excluding diaryl/α,β-unsaturated/α-hetero) is 1. The molecule has 0 amide bonds. The molecule has 0 spiro atoms. The van der Waals surface area contributed by atoms with Gasteiger partial charge in [-0.15, -0.1) is 11.3 Å². The van der Waals surface area contributed by atoms with E-state index in [1.54, 1.807) is 17.5 Å². The lowest BCUT2D eigenvalue weighted by molar-refractivity contribution is -0.118. The first kappa shape index (κ1) is 9.34. The molecule has 0 saturated carbocycles. The van der Waals surface area contributed by atoms with E-state index in [-0.39, 0.29) is 5.78 Å². The molecule has 0 unspecified atom stereocenters. The monoisotopic (exact) mass is 205 g/mol. The number of nitrogens with zero attached hydrogens (tertiary/aromatic N) is 1. The molecule has 0 aliphatic heterocycles. The second kappa shape index (κ2) is 3.88. The summed E-state index contributed by atoms with van der Waals surface area (Å²) in [6.07, 6.45) is 2.82. The van der Waals surface area contributed by atoms with Gasteiger partial charge in [0.1, 0.15) is 5.78 Å². The fraction of sp³-hybridized carbons (Fsp3) is 0.273. The van der Waals surface area contributed by atoms with Crippen LogP contribution in [0.15, 0.2) is 23.7 Å². The van der Waals surface area contributed by atoms with Gasteiger partial charge in [0.05, 0.1) is 5.69 Å². The molecule has 3 heteroatoms. The van der Waals surface area contributed by atoms with Gasteiger partial charge in [0.15, 0.2) is 0 Å². The minimum Gasteiger partial charge on any atom is -0.299 e. The van der Waals surface area contributed by atoms with E-state index in [1.807, 2.05) is 24.4 Å². The molecular weight excluding hydrogens is 194 g/mol. The van der Waals surface area contributed by atoms with Gasteiger partial charge in [-0.2, -0.15) is 0 Å². The Hall–Kier alpha value is -1.22. The summed E-state index contributed by atoms with van der Waals surface area (Å²) in [5.41, 5.74) is 0.913. The minimum absolute atomic E-state index is 0.246. The fourth-order valence-corrected chi connectivity index (χ4v) is 2.21. The van der Waals surface area contributed by atoms with E-state index in [0.717, 1.165) is 11.1 Å². The largest absolute Gasteiger partial charge is 0.299 e. The minimum atomic E-state index is 0.246. The fourth-order valence-electron chi connectivity index (χ4n) is 1.41. The standard InChI is InChI=1S/C11H11NOS/c1-2-8(13)7-10-9-4-6-14-11(9)3-5-12-10/h3-6H,2,7H2,1H3. The Morgan fingerprint density at radius 2 is 2.36 bits per heavy atom. The van der Waals surface area contributed by atoms with Gasteiger partial charge in [0, 0.05) is 29.1 Å². The summed E-state index contributed by atoms with van der Waals surface area (Å²) >= 11 is 1.68. The molecule has 2 rings (SSSR count). The van der Waals surface area contributed by atoms with Crippen LogP contribution < -0.4 is 0 Å². The molecule has 2 aromatic heterocycles. The summed E-state index contributed by atoms with van der Waals surface area (Å²) in [5.74, 6) is 0.246. The topological polar surface area (TPSA) is 30.0 Å². The van der Waals surface area contributed by atoms with Gasteiger partial charge in [-0.1, -0.05) is 6.92 Å². The summed E-state index contributed by atoms with van der Waals surface area (Å²) in [5, 5.41) is 3.16. The van der Waals surface area contributed by atoms with E-state index in [9.17, 15) is 4.79 Å². The van der Waals surface area contributed by atoms with Crippen molar-refractivity contribution in [1.82, 2.24) is 4.98 Å². The predicted octanol–water partition coefficient (Wildman–Crippen LogP) is 2.82. The van der Waals surface area contributed by atoms with Crippen molar-refractivity contribution in [2.45, 2.75) is 19.8 Å². The maximum atomic E-state index is 11.3. The molecule has 72 valence electrons. The van der Waals surface area contributed by atoms with E-state index in [1.165, 1.54) is 4.70 Å². The van der Waals surface area contributed by atoms with Gasteiger partial charge in [-0.25, -0.2) is 0 Å². The number of thiophene rings is 1. The molecule has 0 aliphatic carbocycles.